The van der Waals surface area contributed by atoms with Crippen LogP contribution in [0.15, 0.2) is 0 Å². The van der Waals surface area contributed by atoms with Crippen LogP contribution in [-0.2, 0) is 19.1 Å². The van der Waals surface area contributed by atoms with Crippen molar-refractivity contribution in [1.29, 1.82) is 0 Å². The maximum Gasteiger partial charge on any atom is 0.229 e. The lowest BCUT2D eigenvalue weighted by molar-refractivity contribution is -0.128. The van der Waals surface area contributed by atoms with Crippen molar-refractivity contribution in [1.82, 2.24) is 10.6 Å². The summed E-state index contributed by atoms with van der Waals surface area (Å²) in [5.41, 5.74) is -0.365. The highest BCUT2D eigenvalue weighted by Gasteiger charge is 2.25. The third-order valence-electron chi connectivity index (χ3n) is 3.68. The fraction of sp³-hybridized carbons (Fsp3) is 0.842. The molecule has 6 nitrogen and oxygen atoms in total. The lowest BCUT2D eigenvalue weighted by Gasteiger charge is -2.25. The summed E-state index contributed by atoms with van der Waals surface area (Å²) in [5, 5.41) is 5.11. The average molecular weight is 357 g/mol. The highest BCUT2D eigenvalue weighted by molar-refractivity contribution is 6.03. The number of ether oxygens (including phenoxy) is 1. The van der Waals surface area contributed by atoms with E-state index < -0.39 is 0 Å². The van der Waals surface area contributed by atoms with Crippen LogP contribution in [-0.4, -0.2) is 36.5 Å². The van der Waals surface area contributed by atoms with Gasteiger partial charge in [0.1, 0.15) is 0 Å². The Morgan fingerprint density at radius 1 is 1.24 bits per heavy atom. The number of hydrogen-bond acceptors (Lipinski definition) is 4. The summed E-state index contributed by atoms with van der Waals surface area (Å²) >= 11 is 0. The van der Waals surface area contributed by atoms with Gasteiger partial charge < -0.3 is 10.1 Å². The first kappa shape index (κ1) is 23.6. The summed E-state index contributed by atoms with van der Waals surface area (Å²) in [6.07, 6.45) is 1.83. The Kier molecular flexibility index (Phi) is 10.6. The number of hydrogen-bond donors (Lipinski definition) is 2. The molecule has 146 valence electrons. The van der Waals surface area contributed by atoms with Crippen LogP contribution in [0.1, 0.15) is 67.7 Å². The zero-order valence-corrected chi connectivity index (χ0v) is 16.9. The molecule has 0 aromatic heterocycles. The molecule has 2 N–H and O–H groups in total. The second-order valence-electron chi connectivity index (χ2n) is 8.18. The van der Waals surface area contributed by atoms with Crippen LogP contribution in [0.3, 0.4) is 0 Å². The van der Waals surface area contributed by atoms with Gasteiger partial charge in [0.15, 0.2) is 0 Å². The molecule has 0 bridgehead atoms. The lowest BCUT2D eigenvalue weighted by atomic mass is 10.0. The molecule has 1 unspecified atom stereocenters. The van der Waals surface area contributed by atoms with Gasteiger partial charge in [-0.3, -0.25) is 19.7 Å². The molecule has 1 aliphatic rings. The van der Waals surface area contributed by atoms with Gasteiger partial charge in [-0.1, -0.05) is 34.6 Å². The molecule has 0 aliphatic carbocycles. The van der Waals surface area contributed by atoms with Crippen molar-refractivity contribution in [3.05, 3.63) is 0 Å². The number of amides is 3. The van der Waals surface area contributed by atoms with Gasteiger partial charge in [0.25, 0.3) is 0 Å². The minimum absolute atomic E-state index is 0.0771. The summed E-state index contributed by atoms with van der Waals surface area (Å²) < 4.78 is 5.76. The molecule has 0 spiro atoms. The molecular formula is C19H36N2O4. The largest absolute Gasteiger partial charge is 0.375 e. The quantitative estimate of drug-likeness (QED) is 0.655. The van der Waals surface area contributed by atoms with Crippen LogP contribution >= 0.6 is 0 Å². The molecule has 0 saturated carbocycles. The third kappa shape index (κ3) is 12.6. The smallest absolute Gasteiger partial charge is 0.229 e. The van der Waals surface area contributed by atoms with Crippen molar-refractivity contribution < 1.29 is 19.1 Å². The van der Waals surface area contributed by atoms with Crippen molar-refractivity contribution in [2.75, 3.05) is 13.2 Å². The molecular weight excluding hydrogens is 320 g/mol. The number of nitrogens with one attached hydrogen (secondary N) is 2. The van der Waals surface area contributed by atoms with Gasteiger partial charge in [-0.25, -0.2) is 0 Å². The summed E-state index contributed by atoms with van der Waals surface area (Å²) in [7, 11) is 0. The molecule has 3 amide bonds. The Labute approximate surface area is 152 Å². The van der Waals surface area contributed by atoms with E-state index in [1.54, 1.807) is 6.92 Å². The SMILES string of the molecule is CC(C)CCOC(C)(C)CC(=O)NCC(C)C.CC1CC(=O)NC1=O. The van der Waals surface area contributed by atoms with E-state index in [0.717, 1.165) is 19.6 Å². The number of imide groups is 1. The van der Waals surface area contributed by atoms with Crippen LogP contribution in [0.2, 0.25) is 0 Å². The molecule has 6 heteroatoms. The van der Waals surface area contributed by atoms with Gasteiger partial charge in [-0.15, -0.1) is 0 Å². The van der Waals surface area contributed by atoms with Gasteiger partial charge in [0, 0.05) is 25.5 Å². The molecule has 25 heavy (non-hydrogen) atoms. The summed E-state index contributed by atoms with van der Waals surface area (Å²) in [6.45, 7) is 15.7. The standard InChI is InChI=1S/C14H29NO2.C5H7NO2/c1-11(2)7-8-17-14(5,6)9-13(16)15-10-12(3)4;1-3-2-4(7)6-5(3)8/h11-12H,7-10H2,1-6H3,(H,15,16);3H,2H2,1H3,(H,6,7,8). The van der Waals surface area contributed by atoms with E-state index in [2.05, 4.69) is 38.3 Å². The van der Waals surface area contributed by atoms with Gasteiger partial charge in [-0.05, 0) is 32.1 Å². The van der Waals surface area contributed by atoms with E-state index in [-0.39, 0.29) is 29.2 Å². The van der Waals surface area contributed by atoms with E-state index in [1.165, 1.54) is 0 Å². The molecule has 1 fully saturated rings. The second kappa shape index (κ2) is 11.2. The van der Waals surface area contributed by atoms with Gasteiger partial charge in [0.05, 0.1) is 12.0 Å². The predicted molar refractivity (Wildman–Crippen MR) is 98.9 cm³/mol. The highest BCUT2D eigenvalue weighted by atomic mass is 16.5. The Bertz CT molecular complexity index is 445. The van der Waals surface area contributed by atoms with Crippen LogP contribution in [0.5, 0.6) is 0 Å². The molecule has 0 aromatic carbocycles. The fourth-order valence-electron chi connectivity index (χ4n) is 2.07. The number of rotatable bonds is 8. The van der Waals surface area contributed by atoms with Gasteiger partial charge in [-0.2, -0.15) is 0 Å². The Morgan fingerprint density at radius 3 is 2.20 bits per heavy atom. The Balaban J connectivity index is 0.000000593. The minimum atomic E-state index is -0.365. The van der Waals surface area contributed by atoms with E-state index in [4.69, 9.17) is 4.74 Å². The predicted octanol–water partition coefficient (Wildman–Crippen LogP) is 2.66. The molecule has 1 atom stereocenters. The van der Waals surface area contributed by atoms with Crippen molar-refractivity contribution >= 4 is 17.7 Å². The second-order valence-corrected chi connectivity index (χ2v) is 8.18. The summed E-state index contributed by atoms with van der Waals surface area (Å²) in [5.74, 6) is 0.803. The minimum Gasteiger partial charge on any atom is -0.375 e. The summed E-state index contributed by atoms with van der Waals surface area (Å²) in [6, 6.07) is 0. The van der Waals surface area contributed by atoms with Gasteiger partial charge >= 0.3 is 0 Å². The van der Waals surface area contributed by atoms with Crippen molar-refractivity contribution in [3.8, 4) is 0 Å². The first-order valence-electron chi connectivity index (χ1n) is 9.17. The highest BCUT2D eigenvalue weighted by Crippen LogP contribution is 2.15. The van der Waals surface area contributed by atoms with E-state index in [9.17, 15) is 14.4 Å². The number of carbonyl (C=O) groups is 3. The fourth-order valence-corrected chi connectivity index (χ4v) is 2.07. The van der Waals surface area contributed by atoms with Gasteiger partial charge in [0.2, 0.25) is 17.7 Å². The van der Waals surface area contributed by atoms with Crippen molar-refractivity contribution in [2.24, 2.45) is 17.8 Å². The van der Waals surface area contributed by atoms with Crippen molar-refractivity contribution in [2.45, 2.75) is 73.3 Å². The first-order valence-corrected chi connectivity index (χ1v) is 9.17. The molecule has 0 radical (unpaired) electrons. The molecule has 1 rings (SSSR count). The maximum absolute atomic E-state index is 11.7. The lowest BCUT2D eigenvalue weighted by Crippen LogP contribution is -2.36. The molecule has 1 aliphatic heterocycles. The van der Waals surface area contributed by atoms with Crippen LogP contribution in [0.25, 0.3) is 0 Å². The Morgan fingerprint density at radius 2 is 1.84 bits per heavy atom. The molecule has 1 saturated heterocycles. The van der Waals surface area contributed by atoms with E-state index in [0.29, 0.717) is 24.7 Å². The monoisotopic (exact) mass is 356 g/mol. The topological polar surface area (TPSA) is 84.5 Å². The molecule has 1 heterocycles. The van der Waals surface area contributed by atoms with Crippen LogP contribution < -0.4 is 10.6 Å². The maximum atomic E-state index is 11.7. The van der Waals surface area contributed by atoms with Crippen LogP contribution in [0, 0.1) is 17.8 Å². The van der Waals surface area contributed by atoms with Crippen molar-refractivity contribution in [3.63, 3.8) is 0 Å². The third-order valence-corrected chi connectivity index (χ3v) is 3.68. The number of carbonyl (C=O) groups excluding carboxylic acids is 3. The Hall–Kier alpha value is -1.43. The first-order chi connectivity index (χ1) is 11.4. The average Bonchev–Trinajstić information content (AvgIpc) is 2.72. The van der Waals surface area contributed by atoms with E-state index >= 15 is 0 Å². The normalized spacial score (nSPS) is 17.4. The van der Waals surface area contributed by atoms with Crippen LogP contribution in [0.4, 0.5) is 0 Å². The molecule has 0 aromatic rings. The summed E-state index contributed by atoms with van der Waals surface area (Å²) in [4.78, 5) is 32.5. The van der Waals surface area contributed by atoms with E-state index in [1.807, 2.05) is 13.8 Å². The zero-order valence-electron chi connectivity index (χ0n) is 16.9. The zero-order chi connectivity index (χ0) is 19.6.